The topological polar surface area (TPSA) is 66.6 Å². The molecule has 0 bridgehead atoms. The molecule has 4 nitrogen and oxygen atoms in total. The van der Waals surface area contributed by atoms with Gasteiger partial charge in [-0.2, -0.15) is 0 Å². The fourth-order valence-electron chi connectivity index (χ4n) is 2.50. The smallest absolute Gasteiger partial charge is 0.254 e. The molecule has 0 fully saturated rings. The van der Waals surface area contributed by atoms with E-state index in [1.54, 1.807) is 17.0 Å². The van der Waals surface area contributed by atoms with E-state index in [-0.39, 0.29) is 24.9 Å². The summed E-state index contributed by atoms with van der Waals surface area (Å²) in [6, 6.07) is 13.0. The first-order valence-corrected chi connectivity index (χ1v) is 7.82. The third-order valence-electron chi connectivity index (χ3n) is 4.02. The van der Waals surface area contributed by atoms with Crippen LogP contribution in [0.25, 0.3) is 0 Å². The number of likely N-dealkylation sites (N-methyl/N-ethyl adjacent to an activating group) is 1. The number of hydrogen-bond acceptors (Lipinski definition) is 3. The van der Waals surface area contributed by atoms with Gasteiger partial charge in [0.2, 0.25) is 0 Å². The summed E-state index contributed by atoms with van der Waals surface area (Å²) in [6.45, 7) is 6.57. The first-order valence-electron chi connectivity index (χ1n) is 7.82. The highest BCUT2D eigenvalue weighted by Crippen LogP contribution is 2.19. The summed E-state index contributed by atoms with van der Waals surface area (Å²) in [4.78, 5) is 14.4. The number of aliphatic hydroxyl groups excluding tert-OH is 1. The number of aliphatic hydroxyl groups is 1. The summed E-state index contributed by atoms with van der Waals surface area (Å²) < 4.78 is 0. The fourth-order valence-corrected chi connectivity index (χ4v) is 2.50. The van der Waals surface area contributed by atoms with E-state index < -0.39 is 6.10 Å². The van der Waals surface area contributed by atoms with Crippen LogP contribution in [0.15, 0.2) is 42.5 Å². The number of benzene rings is 2. The van der Waals surface area contributed by atoms with Gasteiger partial charge in [0.1, 0.15) is 0 Å². The molecule has 0 heterocycles. The predicted octanol–water partition coefficient (Wildman–Crippen LogP) is 3.50. The molecule has 0 aliphatic heterocycles. The van der Waals surface area contributed by atoms with Crippen LogP contribution in [-0.4, -0.2) is 29.0 Å². The van der Waals surface area contributed by atoms with Gasteiger partial charge >= 0.3 is 0 Å². The van der Waals surface area contributed by atoms with Crippen LogP contribution < -0.4 is 5.73 Å². The summed E-state index contributed by atoms with van der Waals surface area (Å²) in [5.41, 5.74) is 9.78. The highest BCUT2D eigenvalue weighted by Gasteiger charge is 2.20. The number of carbonyl (C=O) groups excluding carboxylic acids is 1. The van der Waals surface area contributed by atoms with Crippen LogP contribution in [0.3, 0.4) is 0 Å². The minimum absolute atomic E-state index is 0. The number of carbonyl (C=O) groups is 1. The molecule has 2 aromatic rings. The number of nitrogens with two attached hydrogens (primary N) is 1. The third-order valence-corrected chi connectivity index (χ3v) is 4.02. The quantitative estimate of drug-likeness (QED) is 0.813. The molecule has 2 rings (SSSR count). The van der Waals surface area contributed by atoms with Gasteiger partial charge < -0.3 is 15.7 Å². The van der Waals surface area contributed by atoms with Crippen molar-refractivity contribution in [2.24, 2.45) is 0 Å². The number of halogens is 1. The molecule has 5 heteroatoms. The van der Waals surface area contributed by atoms with Crippen molar-refractivity contribution in [1.82, 2.24) is 4.90 Å². The summed E-state index contributed by atoms with van der Waals surface area (Å²) in [6.07, 6.45) is -0.708. The molecular weight excluding hydrogens is 324 g/mol. The Labute approximate surface area is 149 Å². The Morgan fingerprint density at radius 3 is 2.38 bits per heavy atom. The third kappa shape index (κ3) is 4.73. The Balaban J connectivity index is 0.00000288. The molecule has 24 heavy (non-hydrogen) atoms. The largest absolute Gasteiger partial charge is 0.399 e. The number of nitrogens with zero attached hydrogens (tertiary/aromatic N) is 1. The molecule has 3 N–H and O–H groups in total. The van der Waals surface area contributed by atoms with Gasteiger partial charge in [-0.15, -0.1) is 12.4 Å². The second-order valence-corrected chi connectivity index (χ2v) is 5.84. The van der Waals surface area contributed by atoms with Crippen molar-refractivity contribution >= 4 is 24.0 Å². The zero-order valence-corrected chi connectivity index (χ0v) is 15.1. The zero-order valence-electron chi connectivity index (χ0n) is 14.3. The van der Waals surface area contributed by atoms with Crippen molar-refractivity contribution in [3.8, 4) is 0 Å². The van der Waals surface area contributed by atoms with E-state index in [2.05, 4.69) is 0 Å². The molecule has 0 saturated heterocycles. The molecule has 0 aliphatic rings. The van der Waals surface area contributed by atoms with Crippen LogP contribution in [0.2, 0.25) is 0 Å². The summed E-state index contributed by atoms with van der Waals surface area (Å²) in [7, 11) is 0. The standard InChI is InChI=1S/C19H24N2O2.ClH/c1-4-21(12-18(22)15-8-5-13(2)6-9-15)19(23)17-11-16(20)10-7-14(17)3;/h5-11,18,22H,4,12,20H2,1-3H3;1H. The van der Waals surface area contributed by atoms with Gasteiger partial charge in [-0.25, -0.2) is 0 Å². The van der Waals surface area contributed by atoms with Crippen LogP contribution in [0.1, 0.15) is 40.1 Å². The molecule has 0 radical (unpaired) electrons. The SMILES string of the molecule is CCN(CC(O)c1ccc(C)cc1)C(=O)c1cc(N)ccc1C.Cl. The van der Waals surface area contributed by atoms with Crippen LogP contribution in [0.4, 0.5) is 5.69 Å². The minimum atomic E-state index is -0.708. The maximum atomic E-state index is 12.7. The lowest BCUT2D eigenvalue weighted by molar-refractivity contribution is 0.0634. The maximum absolute atomic E-state index is 12.7. The number of nitrogen functional groups attached to an aromatic ring is 1. The van der Waals surface area contributed by atoms with Gasteiger partial charge in [-0.3, -0.25) is 4.79 Å². The lowest BCUT2D eigenvalue weighted by Gasteiger charge is -2.25. The lowest BCUT2D eigenvalue weighted by atomic mass is 10.0. The van der Waals surface area contributed by atoms with Gasteiger partial charge in [0.25, 0.3) is 5.91 Å². The molecule has 2 aromatic carbocycles. The van der Waals surface area contributed by atoms with Crippen LogP contribution in [0.5, 0.6) is 0 Å². The molecule has 0 aliphatic carbocycles. The van der Waals surface area contributed by atoms with E-state index in [1.807, 2.05) is 51.1 Å². The Bertz CT molecular complexity index is 686. The summed E-state index contributed by atoms with van der Waals surface area (Å²) in [5, 5.41) is 10.4. The molecule has 130 valence electrons. The molecule has 0 spiro atoms. The van der Waals surface area contributed by atoms with E-state index in [4.69, 9.17) is 5.73 Å². The number of hydrogen-bond donors (Lipinski definition) is 2. The lowest BCUT2D eigenvalue weighted by Crippen LogP contribution is -2.35. The number of aryl methyl sites for hydroxylation is 2. The fraction of sp³-hybridized carbons (Fsp3) is 0.316. The van der Waals surface area contributed by atoms with Crippen molar-refractivity contribution in [3.63, 3.8) is 0 Å². The van der Waals surface area contributed by atoms with Gasteiger partial charge in [0.15, 0.2) is 0 Å². The average molecular weight is 349 g/mol. The van der Waals surface area contributed by atoms with Gasteiger partial charge in [-0.05, 0) is 44.0 Å². The van der Waals surface area contributed by atoms with Crippen LogP contribution in [0, 0.1) is 13.8 Å². The Kier molecular flexibility index (Phi) is 7.26. The van der Waals surface area contributed by atoms with Gasteiger partial charge in [0, 0.05) is 17.8 Å². The van der Waals surface area contributed by atoms with E-state index in [9.17, 15) is 9.90 Å². The number of anilines is 1. The van der Waals surface area contributed by atoms with Crippen molar-refractivity contribution < 1.29 is 9.90 Å². The molecule has 0 aromatic heterocycles. The predicted molar refractivity (Wildman–Crippen MR) is 101 cm³/mol. The monoisotopic (exact) mass is 348 g/mol. The van der Waals surface area contributed by atoms with E-state index >= 15 is 0 Å². The molecule has 1 unspecified atom stereocenters. The Morgan fingerprint density at radius 1 is 1.17 bits per heavy atom. The van der Waals surface area contributed by atoms with E-state index in [0.29, 0.717) is 17.8 Å². The van der Waals surface area contributed by atoms with Crippen LogP contribution >= 0.6 is 12.4 Å². The molecule has 1 amide bonds. The first-order chi connectivity index (χ1) is 10.9. The van der Waals surface area contributed by atoms with E-state index in [1.165, 1.54) is 0 Å². The van der Waals surface area contributed by atoms with Crippen molar-refractivity contribution in [1.29, 1.82) is 0 Å². The molecule has 1 atom stereocenters. The average Bonchev–Trinajstić information content (AvgIpc) is 2.54. The summed E-state index contributed by atoms with van der Waals surface area (Å²) >= 11 is 0. The highest BCUT2D eigenvalue weighted by molar-refractivity contribution is 5.96. The second kappa shape index (κ2) is 8.71. The second-order valence-electron chi connectivity index (χ2n) is 5.84. The zero-order chi connectivity index (χ0) is 17.0. The number of amides is 1. The minimum Gasteiger partial charge on any atom is -0.399 e. The Morgan fingerprint density at radius 2 is 1.79 bits per heavy atom. The highest BCUT2D eigenvalue weighted by atomic mass is 35.5. The normalized spacial score (nSPS) is 11.5. The van der Waals surface area contributed by atoms with Gasteiger partial charge in [-0.1, -0.05) is 35.9 Å². The Hall–Kier alpha value is -2.04. The van der Waals surface area contributed by atoms with Gasteiger partial charge in [0.05, 0.1) is 12.6 Å². The van der Waals surface area contributed by atoms with Crippen molar-refractivity contribution in [2.75, 3.05) is 18.8 Å². The number of rotatable bonds is 5. The van der Waals surface area contributed by atoms with E-state index in [0.717, 1.165) is 16.7 Å². The summed E-state index contributed by atoms with van der Waals surface area (Å²) in [5.74, 6) is -0.108. The van der Waals surface area contributed by atoms with Crippen molar-refractivity contribution in [3.05, 3.63) is 64.7 Å². The van der Waals surface area contributed by atoms with Crippen LogP contribution in [-0.2, 0) is 0 Å². The maximum Gasteiger partial charge on any atom is 0.254 e. The van der Waals surface area contributed by atoms with Crippen molar-refractivity contribution in [2.45, 2.75) is 26.9 Å². The molecule has 0 saturated carbocycles. The molecular formula is C19H25ClN2O2. The first kappa shape index (κ1) is 20.0.